The standard InChI is InChI=1S/C31H48N6O5S3/c1-37(24-12-10-23(21-38)11-13-24)18-14-29(41)34-17-20-45(43)19-16-33-28(40)8-3-2-6-15-32-27(39)9-5-4-7-26-30-25(22-44-26)35-31(42)36-30/h10-13,21,25-26,30H,2-9,14-20,22H2,1H3,(H,32,39)(H,33,40)(H,34,41)(H2,35,36,42). The SMILES string of the molecule is CN(CCC(=O)NCCS(=S)CCNC(=O)CCCCCNC(=O)CCCCC1SCC2NC(=O)NC21)c1ccc(C=O)cc1. The van der Waals surface area contributed by atoms with Gasteiger partial charge >= 0.3 is 6.03 Å². The van der Waals surface area contributed by atoms with Gasteiger partial charge < -0.3 is 31.5 Å². The van der Waals surface area contributed by atoms with Crippen molar-refractivity contribution >= 4 is 68.1 Å². The van der Waals surface area contributed by atoms with E-state index in [9.17, 15) is 24.0 Å². The molecule has 0 radical (unpaired) electrons. The lowest BCUT2D eigenvalue weighted by atomic mass is 10.0. The molecular formula is C31H48N6O5S3. The number of carbonyl (C=O) groups excluding carboxylic acids is 5. The largest absolute Gasteiger partial charge is 0.374 e. The van der Waals surface area contributed by atoms with Crippen LogP contribution in [0, 0.1) is 0 Å². The first-order chi connectivity index (χ1) is 21.7. The lowest BCUT2D eigenvalue weighted by molar-refractivity contribution is -0.122. The van der Waals surface area contributed by atoms with Gasteiger partial charge in [0.15, 0.2) is 0 Å². The second-order valence-corrected chi connectivity index (χ2v) is 15.8. The molecule has 5 amide bonds. The third kappa shape index (κ3) is 14.1. The fourth-order valence-corrected chi connectivity index (χ4v) is 8.18. The molecule has 1 aromatic rings. The van der Waals surface area contributed by atoms with Crippen molar-refractivity contribution in [1.82, 2.24) is 26.6 Å². The number of unbranched alkanes of at least 4 members (excludes halogenated alkanes) is 3. The molecule has 4 unspecified atom stereocenters. The molecule has 250 valence electrons. The van der Waals surface area contributed by atoms with Crippen LogP contribution in [-0.4, -0.2) is 97.9 Å². The maximum absolute atomic E-state index is 12.2. The molecule has 0 aromatic heterocycles. The van der Waals surface area contributed by atoms with E-state index in [4.69, 9.17) is 11.2 Å². The lowest BCUT2D eigenvalue weighted by Crippen LogP contribution is -2.36. The van der Waals surface area contributed by atoms with Crippen LogP contribution in [0.3, 0.4) is 0 Å². The van der Waals surface area contributed by atoms with Crippen LogP contribution < -0.4 is 31.5 Å². The first-order valence-electron chi connectivity index (χ1n) is 15.8. The monoisotopic (exact) mass is 680 g/mol. The molecule has 2 aliphatic rings. The van der Waals surface area contributed by atoms with Crippen LogP contribution in [-0.2, 0) is 35.0 Å². The third-order valence-electron chi connectivity index (χ3n) is 7.93. The Balaban J connectivity index is 1.09. The molecule has 0 saturated carbocycles. The number of benzene rings is 1. The number of urea groups is 1. The summed E-state index contributed by atoms with van der Waals surface area (Å²) in [5.74, 6) is 2.42. The minimum Gasteiger partial charge on any atom is -0.374 e. The molecule has 2 saturated heterocycles. The molecule has 2 fully saturated rings. The van der Waals surface area contributed by atoms with Crippen molar-refractivity contribution in [1.29, 1.82) is 0 Å². The lowest BCUT2D eigenvalue weighted by Gasteiger charge is -2.19. The normalized spacial score (nSPS) is 19.1. The molecule has 14 heteroatoms. The molecule has 5 N–H and O–H groups in total. The number of amides is 5. The molecule has 0 spiro atoms. The molecule has 1 aromatic carbocycles. The number of aldehydes is 1. The summed E-state index contributed by atoms with van der Waals surface area (Å²) in [5.41, 5.74) is 1.57. The van der Waals surface area contributed by atoms with Crippen LogP contribution in [0.25, 0.3) is 0 Å². The second-order valence-electron chi connectivity index (χ2n) is 11.5. The fraction of sp³-hybridized carbons (Fsp3) is 0.645. The van der Waals surface area contributed by atoms with Crippen molar-refractivity contribution in [3.63, 3.8) is 0 Å². The second kappa shape index (κ2) is 20.4. The van der Waals surface area contributed by atoms with Gasteiger partial charge in [0.25, 0.3) is 0 Å². The quantitative estimate of drug-likeness (QED) is 0.0710. The number of nitrogens with zero attached hydrogens (tertiary/aromatic N) is 1. The highest BCUT2D eigenvalue weighted by Crippen LogP contribution is 2.33. The molecule has 11 nitrogen and oxygen atoms in total. The summed E-state index contributed by atoms with van der Waals surface area (Å²) >= 11 is 7.41. The van der Waals surface area contributed by atoms with Gasteiger partial charge in [-0.3, -0.25) is 19.2 Å². The number of nitrogens with one attached hydrogen (secondary N) is 5. The third-order valence-corrected chi connectivity index (χ3v) is 11.8. The van der Waals surface area contributed by atoms with Crippen molar-refractivity contribution < 1.29 is 24.0 Å². The minimum absolute atomic E-state index is 0.0176. The number of hydrogen-bond acceptors (Lipinski definition) is 8. The van der Waals surface area contributed by atoms with Crippen LogP contribution in [0.15, 0.2) is 24.3 Å². The van der Waals surface area contributed by atoms with E-state index in [1.165, 1.54) is 0 Å². The highest BCUT2D eigenvalue weighted by Gasteiger charge is 2.42. The van der Waals surface area contributed by atoms with E-state index in [2.05, 4.69) is 26.6 Å². The van der Waals surface area contributed by atoms with E-state index in [0.29, 0.717) is 67.8 Å². The van der Waals surface area contributed by atoms with E-state index < -0.39 is 0 Å². The number of thioether (sulfide) groups is 1. The average Bonchev–Trinajstić information content (AvgIpc) is 3.58. The fourth-order valence-electron chi connectivity index (χ4n) is 5.27. The molecule has 4 atom stereocenters. The average molecular weight is 681 g/mol. The Morgan fingerprint density at radius 3 is 2.20 bits per heavy atom. The van der Waals surface area contributed by atoms with Gasteiger partial charge in [-0.1, -0.05) is 24.0 Å². The Hall–Kier alpha value is -2.71. The number of hydrogen-bond donors (Lipinski definition) is 5. The van der Waals surface area contributed by atoms with Crippen LogP contribution >= 0.6 is 11.8 Å². The Morgan fingerprint density at radius 2 is 1.53 bits per heavy atom. The zero-order valence-electron chi connectivity index (χ0n) is 26.1. The summed E-state index contributed by atoms with van der Waals surface area (Å²) in [6.45, 7) is 2.25. The summed E-state index contributed by atoms with van der Waals surface area (Å²) < 4.78 is 0. The van der Waals surface area contributed by atoms with E-state index in [1.807, 2.05) is 35.8 Å². The first kappa shape index (κ1) is 36.8. The van der Waals surface area contributed by atoms with E-state index >= 15 is 0 Å². The van der Waals surface area contributed by atoms with Gasteiger partial charge in [-0.2, -0.15) is 11.8 Å². The van der Waals surface area contributed by atoms with Crippen molar-refractivity contribution in [2.45, 2.75) is 75.1 Å². The van der Waals surface area contributed by atoms with Gasteiger partial charge in [0.05, 0.1) is 12.1 Å². The number of fused-ring (bicyclic) bond motifs is 1. The first-order valence-corrected chi connectivity index (χ1v) is 19.4. The summed E-state index contributed by atoms with van der Waals surface area (Å²) in [6.07, 6.45) is 7.48. The van der Waals surface area contributed by atoms with Gasteiger partial charge in [-0.15, -0.1) is 9.45 Å². The Labute approximate surface area is 278 Å². The Morgan fingerprint density at radius 1 is 0.911 bits per heavy atom. The molecular weight excluding hydrogens is 633 g/mol. The van der Waals surface area contributed by atoms with Gasteiger partial charge in [0.1, 0.15) is 6.29 Å². The van der Waals surface area contributed by atoms with Crippen molar-refractivity contribution in [3.8, 4) is 0 Å². The van der Waals surface area contributed by atoms with Crippen LogP contribution in [0.1, 0.15) is 68.1 Å². The zero-order valence-corrected chi connectivity index (χ0v) is 28.6. The smallest absolute Gasteiger partial charge is 0.315 e. The summed E-state index contributed by atoms with van der Waals surface area (Å²) in [7, 11) is 1.59. The van der Waals surface area contributed by atoms with E-state index in [0.717, 1.165) is 56.3 Å². The predicted octanol–water partition coefficient (Wildman–Crippen LogP) is 2.04. The molecule has 0 aliphatic carbocycles. The van der Waals surface area contributed by atoms with Crippen molar-refractivity contribution in [2.75, 3.05) is 55.4 Å². The molecule has 2 aliphatic heterocycles. The van der Waals surface area contributed by atoms with Gasteiger partial charge in [0.2, 0.25) is 17.7 Å². The summed E-state index contributed by atoms with van der Waals surface area (Å²) in [5, 5.41) is 15.2. The minimum atomic E-state index is -0.314. The maximum atomic E-state index is 12.2. The van der Waals surface area contributed by atoms with Crippen LogP contribution in [0.2, 0.25) is 0 Å². The Bertz CT molecular complexity index is 1160. The predicted molar refractivity (Wildman–Crippen MR) is 186 cm³/mol. The number of carbonyl (C=O) groups is 5. The molecule has 2 heterocycles. The number of anilines is 1. The van der Waals surface area contributed by atoms with E-state index in [1.54, 1.807) is 12.1 Å². The molecule has 3 rings (SSSR count). The highest BCUT2D eigenvalue weighted by molar-refractivity contribution is 8.28. The summed E-state index contributed by atoms with van der Waals surface area (Å²) in [4.78, 5) is 60.7. The topological polar surface area (TPSA) is 149 Å². The Kier molecular flexibility index (Phi) is 16.7. The zero-order chi connectivity index (χ0) is 32.4. The summed E-state index contributed by atoms with van der Waals surface area (Å²) in [6, 6.07) is 7.62. The molecule has 45 heavy (non-hydrogen) atoms. The van der Waals surface area contributed by atoms with Gasteiger partial charge in [-0.05, 0) is 49.9 Å². The van der Waals surface area contributed by atoms with Crippen molar-refractivity contribution in [3.05, 3.63) is 29.8 Å². The van der Waals surface area contributed by atoms with Gasteiger partial charge in [0, 0.05) is 86.2 Å². The highest BCUT2D eigenvalue weighted by atomic mass is 32.8. The van der Waals surface area contributed by atoms with E-state index in [-0.39, 0.29) is 45.3 Å². The number of rotatable bonds is 22. The van der Waals surface area contributed by atoms with Crippen LogP contribution in [0.4, 0.5) is 10.5 Å². The molecule has 0 bridgehead atoms. The van der Waals surface area contributed by atoms with Gasteiger partial charge in [-0.25, -0.2) is 4.79 Å². The van der Waals surface area contributed by atoms with Crippen LogP contribution in [0.5, 0.6) is 0 Å². The maximum Gasteiger partial charge on any atom is 0.315 e. The van der Waals surface area contributed by atoms with Crippen molar-refractivity contribution in [2.24, 2.45) is 0 Å².